The molecule has 2 atom stereocenters. The van der Waals surface area contributed by atoms with E-state index in [1.54, 1.807) is 0 Å². The molecule has 0 spiro atoms. The highest BCUT2D eigenvalue weighted by atomic mass is 16.3. The minimum Gasteiger partial charge on any atom is -0.389 e. The average Bonchev–Trinajstić information content (AvgIpc) is 2.62. The first-order valence-electron chi connectivity index (χ1n) is 5.64. The zero-order valence-corrected chi connectivity index (χ0v) is 9.02. The molecule has 1 aromatic carbocycles. The third-order valence-electron chi connectivity index (χ3n) is 3.45. The highest BCUT2D eigenvalue weighted by molar-refractivity contribution is 5.25. The Kier molecular flexibility index (Phi) is 2.92. The van der Waals surface area contributed by atoms with Crippen LogP contribution in [-0.4, -0.2) is 10.7 Å². The first-order valence-corrected chi connectivity index (χ1v) is 5.64. The van der Waals surface area contributed by atoms with Gasteiger partial charge >= 0.3 is 0 Å². The monoisotopic (exact) mass is 202 g/mol. The van der Waals surface area contributed by atoms with Gasteiger partial charge in [0.05, 0.1) is 5.60 Å². The van der Waals surface area contributed by atoms with Crippen molar-refractivity contribution < 1.29 is 5.11 Å². The smallest absolute Gasteiger partial charge is 0.0750 e. The Hall–Kier alpha value is -1.08. The third kappa shape index (κ3) is 1.98. The number of benzene rings is 1. The minimum atomic E-state index is -0.552. The predicted octanol–water partition coefficient (Wildman–Crippen LogP) is 3.26. The lowest BCUT2D eigenvalue weighted by molar-refractivity contribution is 0.0330. The summed E-state index contributed by atoms with van der Waals surface area (Å²) >= 11 is 0. The highest BCUT2D eigenvalue weighted by Gasteiger charge is 2.40. The molecule has 0 amide bonds. The van der Waals surface area contributed by atoms with Crippen molar-refractivity contribution in [2.75, 3.05) is 0 Å². The first-order chi connectivity index (χ1) is 7.26. The van der Waals surface area contributed by atoms with Gasteiger partial charge in [0.15, 0.2) is 0 Å². The van der Waals surface area contributed by atoms with Crippen molar-refractivity contribution >= 4 is 0 Å². The fourth-order valence-corrected chi connectivity index (χ4v) is 2.71. The summed E-state index contributed by atoms with van der Waals surface area (Å²) in [5.41, 5.74) is 0.711. The van der Waals surface area contributed by atoms with Gasteiger partial charge in [0.25, 0.3) is 0 Å². The summed E-state index contributed by atoms with van der Waals surface area (Å²) in [4.78, 5) is 0. The fraction of sp³-hybridized carbons (Fsp3) is 0.429. The Balaban J connectivity index is 2.25. The van der Waals surface area contributed by atoms with Crippen molar-refractivity contribution in [2.24, 2.45) is 0 Å². The molecule has 0 bridgehead atoms. The van der Waals surface area contributed by atoms with Gasteiger partial charge in [-0.3, -0.25) is 0 Å². The maximum absolute atomic E-state index is 10.5. The summed E-state index contributed by atoms with van der Waals surface area (Å²) in [6, 6.07) is 10.3. The van der Waals surface area contributed by atoms with Crippen molar-refractivity contribution in [3.05, 3.63) is 48.6 Å². The van der Waals surface area contributed by atoms with Gasteiger partial charge in [0, 0.05) is 5.92 Å². The van der Waals surface area contributed by atoms with Gasteiger partial charge in [-0.1, -0.05) is 36.4 Å². The van der Waals surface area contributed by atoms with Crippen molar-refractivity contribution in [1.82, 2.24) is 0 Å². The molecule has 2 rings (SSSR count). The number of rotatable bonds is 3. The molecular weight excluding hydrogens is 184 g/mol. The average molecular weight is 202 g/mol. The van der Waals surface area contributed by atoms with E-state index in [1.165, 1.54) is 5.56 Å². The van der Waals surface area contributed by atoms with Gasteiger partial charge in [-0.25, -0.2) is 0 Å². The zero-order valence-electron chi connectivity index (χ0n) is 9.02. The van der Waals surface area contributed by atoms with Crippen LogP contribution in [0.15, 0.2) is 43.0 Å². The standard InChI is InChI=1S/C14H18O/c1-2-10-14(15)11-6-9-13(14)12-7-4-3-5-8-12/h2-5,7-8,13,15H,1,6,9-11H2/t13-,14-/m1/s1. The van der Waals surface area contributed by atoms with Gasteiger partial charge in [0.2, 0.25) is 0 Å². The van der Waals surface area contributed by atoms with Gasteiger partial charge in [-0.15, -0.1) is 6.58 Å². The van der Waals surface area contributed by atoms with Crippen LogP contribution in [0.1, 0.15) is 37.2 Å². The fourth-order valence-electron chi connectivity index (χ4n) is 2.71. The number of aliphatic hydroxyl groups is 1. The van der Waals surface area contributed by atoms with Crippen LogP contribution in [-0.2, 0) is 0 Å². The zero-order chi connectivity index (χ0) is 10.7. The molecule has 1 fully saturated rings. The quantitative estimate of drug-likeness (QED) is 0.746. The van der Waals surface area contributed by atoms with Gasteiger partial charge < -0.3 is 5.11 Å². The summed E-state index contributed by atoms with van der Waals surface area (Å²) in [7, 11) is 0. The Morgan fingerprint density at radius 2 is 2.13 bits per heavy atom. The van der Waals surface area contributed by atoms with Crippen LogP contribution in [0.2, 0.25) is 0 Å². The van der Waals surface area contributed by atoms with Crippen LogP contribution < -0.4 is 0 Å². The second-order valence-electron chi connectivity index (χ2n) is 4.45. The Labute approximate surface area is 91.4 Å². The highest BCUT2D eigenvalue weighted by Crippen LogP contribution is 2.44. The SMILES string of the molecule is C=CC[C@@]1(O)CCC[C@@H]1c1ccccc1. The maximum Gasteiger partial charge on any atom is 0.0750 e. The second-order valence-corrected chi connectivity index (χ2v) is 4.45. The largest absolute Gasteiger partial charge is 0.389 e. The van der Waals surface area contributed by atoms with Crippen LogP contribution in [0.25, 0.3) is 0 Å². The molecule has 1 aromatic rings. The van der Waals surface area contributed by atoms with Crippen molar-refractivity contribution in [2.45, 2.75) is 37.2 Å². The van der Waals surface area contributed by atoms with E-state index in [1.807, 2.05) is 24.3 Å². The summed E-state index contributed by atoms with van der Waals surface area (Å²) in [6.45, 7) is 3.74. The van der Waals surface area contributed by atoms with E-state index >= 15 is 0 Å². The van der Waals surface area contributed by atoms with E-state index < -0.39 is 5.60 Å². The lowest BCUT2D eigenvalue weighted by Gasteiger charge is -2.29. The molecular formula is C14H18O. The third-order valence-corrected chi connectivity index (χ3v) is 3.45. The Bertz CT molecular complexity index is 330. The molecule has 15 heavy (non-hydrogen) atoms. The maximum atomic E-state index is 10.5. The summed E-state index contributed by atoms with van der Waals surface area (Å²) in [5, 5.41) is 10.5. The lowest BCUT2D eigenvalue weighted by Crippen LogP contribution is -2.30. The molecule has 0 unspecified atom stereocenters. The molecule has 0 aliphatic heterocycles. The van der Waals surface area contributed by atoms with Gasteiger partial charge in [-0.05, 0) is 31.2 Å². The van der Waals surface area contributed by atoms with E-state index in [0.29, 0.717) is 6.42 Å². The van der Waals surface area contributed by atoms with Crippen LogP contribution in [0.4, 0.5) is 0 Å². The van der Waals surface area contributed by atoms with Gasteiger partial charge in [-0.2, -0.15) is 0 Å². The molecule has 1 heteroatoms. The van der Waals surface area contributed by atoms with E-state index in [9.17, 15) is 5.11 Å². The summed E-state index contributed by atoms with van der Waals surface area (Å²) in [6.07, 6.45) is 5.64. The number of hydrogen-bond acceptors (Lipinski definition) is 1. The summed E-state index contributed by atoms with van der Waals surface area (Å²) in [5.74, 6) is 0.289. The van der Waals surface area contributed by atoms with Crippen LogP contribution >= 0.6 is 0 Å². The predicted molar refractivity (Wildman–Crippen MR) is 62.8 cm³/mol. The van der Waals surface area contributed by atoms with E-state index in [-0.39, 0.29) is 5.92 Å². The molecule has 1 aliphatic carbocycles. The molecule has 0 radical (unpaired) electrons. The van der Waals surface area contributed by atoms with Crippen LogP contribution in [0.5, 0.6) is 0 Å². The van der Waals surface area contributed by atoms with E-state index in [2.05, 4.69) is 18.7 Å². The molecule has 1 N–H and O–H groups in total. The molecule has 1 nitrogen and oxygen atoms in total. The Morgan fingerprint density at radius 1 is 1.40 bits per heavy atom. The van der Waals surface area contributed by atoms with Crippen LogP contribution in [0.3, 0.4) is 0 Å². The topological polar surface area (TPSA) is 20.2 Å². The van der Waals surface area contributed by atoms with Gasteiger partial charge in [0.1, 0.15) is 0 Å². The Morgan fingerprint density at radius 3 is 2.80 bits per heavy atom. The molecule has 80 valence electrons. The number of hydrogen-bond donors (Lipinski definition) is 1. The van der Waals surface area contributed by atoms with E-state index in [4.69, 9.17) is 0 Å². The lowest BCUT2D eigenvalue weighted by atomic mass is 9.83. The minimum absolute atomic E-state index is 0.289. The van der Waals surface area contributed by atoms with Crippen molar-refractivity contribution in [1.29, 1.82) is 0 Å². The van der Waals surface area contributed by atoms with Crippen LogP contribution in [0, 0.1) is 0 Å². The first kappa shape index (κ1) is 10.4. The summed E-state index contributed by atoms with van der Waals surface area (Å²) < 4.78 is 0. The molecule has 0 aromatic heterocycles. The molecule has 1 aliphatic rings. The van der Waals surface area contributed by atoms with Crippen molar-refractivity contribution in [3.63, 3.8) is 0 Å². The molecule has 1 saturated carbocycles. The normalized spacial score (nSPS) is 30.3. The molecule has 0 heterocycles. The molecule has 0 saturated heterocycles. The van der Waals surface area contributed by atoms with E-state index in [0.717, 1.165) is 19.3 Å². The van der Waals surface area contributed by atoms with Crippen molar-refractivity contribution in [3.8, 4) is 0 Å². The second kappa shape index (κ2) is 4.19.